The molecule has 1 aromatic carbocycles. The molecule has 0 heterocycles. The smallest absolute Gasteiger partial charge is 0.396 e. The van der Waals surface area contributed by atoms with Crippen LogP contribution in [0.15, 0.2) is 24.3 Å². The lowest BCUT2D eigenvalue weighted by molar-refractivity contribution is -0.137. The van der Waals surface area contributed by atoms with E-state index in [1.54, 1.807) is 0 Å². The number of benzene rings is 1. The first-order chi connectivity index (χ1) is 7.86. The van der Waals surface area contributed by atoms with E-state index in [1.807, 2.05) is 0 Å². The summed E-state index contributed by atoms with van der Waals surface area (Å²) in [5, 5.41) is 27.5. The first kappa shape index (κ1) is 14.0. The van der Waals surface area contributed by atoms with Crippen molar-refractivity contribution in [3.63, 3.8) is 0 Å². The Morgan fingerprint density at radius 1 is 1.18 bits per heavy atom. The lowest BCUT2D eigenvalue weighted by Crippen LogP contribution is -2.20. The van der Waals surface area contributed by atoms with Gasteiger partial charge in [-0.2, -0.15) is 13.2 Å². The molecule has 0 aliphatic rings. The molecule has 96 valence electrons. The van der Waals surface area contributed by atoms with Crippen LogP contribution in [0.5, 0.6) is 0 Å². The van der Waals surface area contributed by atoms with Gasteiger partial charge in [-0.3, -0.25) is 0 Å². The van der Waals surface area contributed by atoms with Crippen LogP contribution in [0.1, 0.15) is 23.7 Å². The molecule has 0 saturated carbocycles. The van der Waals surface area contributed by atoms with Gasteiger partial charge in [0.2, 0.25) is 0 Å². The van der Waals surface area contributed by atoms with Crippen molar-refractivity contribution in [1.29, 1.82) is 0 Å². The quantitative estimate of drug-likeness (QED) is 0.758. The van der Waals surface area contributed by atoms with E-state index in [4.69, 9.17) is 5.11 Å². The molecule has 6 heteroatoms. The van der Waals surface area contributed by atoms with Crippen LogP contribution in [0.25, 0.3) is 0 Å². The Morgan fingerprint density at radius 2 is 1.82 bits per heavy atom. The maximum absolute atomic E-state index is 12.4. The maximum Gasteiger partial charge on any atom is 0.416 e. The Bertz CT molecular complexity index is 365. The monoisotopic (exact) mass is 250 g/mol. The normalized spacial score (nSPS) is 15.6. The molecule has 0 fully saturated rings. The van der Waals surface area contributed by atoms with Gasteiger partial charge in [0.15, 0.2) is 0 Å². The molecule has 0 bridgehead atoms. The zero-order chi connectivity index (χ0) is 13.1. The Balaban J connectivity index is 2.92. The molecule has 0 spiro atoms. The van der Waals surface area contributed by atoms with Gasteiger partial charge in [0.25, 0.3) is 0 Å². The van der Waals surface area contributed by atoms with Gasteiger partial charge in [0, 0.05) is 6.61 Å². The van der Waals surface area contributed by atoms with E-state index >= 15 is 0 Å². The van der Waals surface area contributed by atoms with Crippen LogP contribution in [-0.2, 0) is 6.18 Å². The van der Waals surface area contributed by atoms with Crippen molar-refractivity contribution in [2.75, 3.05) is 6.61 Å². The summed E-state index contributed by atoms with van der Waals surface area (Å²) in [6, 6.07) is 4.12. The molecule has 1 rings (SSSR count). The average molecular weight is 250 g/mol. The molecule has 1 aromatic rings. The predicted octanol–water partition coefficient (Wildman–Crippen LogP) is 1.48. The SMILES string of the molecule is OCCC(O)C(O)c1cccc(C(F)(F)F)c1. The van der Waals surface area contributed by atoms with Gasteiger partial charge in [-0.25, -0.2) is 0 Å². The van der Waals surface area contributed by atoms with Crippen LogP contribution < -0.4 is 0 Å². The predicted molar refractivity (Wildman–Crippen MR) is 54.1 cm³/mol. The number of alkyl halides is 3. The molecular weight excluding hydrogens is 237 g/mol. The van der Waals surface area contributed by atoms with Gasteiger partial charge in [0.1, 0.15) is 6.10 Å². The minimum absolute atomic E-state index is 0.0271. The third-order valence-corrected chi connectivity index (χ3v) is 2.34. The highest BCUT2D eigenvalue weighted by Gasteiger charge is 2.31. The van der Waals surface area contributed by atoms with E-state index in [9.17, 15) is 23.4 Å². The largest absolute Gasteiger partial charge is 0.416 e. The Hall–Kier alpha value is -1.11. The Kier molecular flexibility index (Phi) is 4.50. The van der Waals surface area contributed by atoms with Gasteiger partial charge in [0.05, 0.1) is 11.7 Å². The van der Waals surface area contributed by atoms with Crippen molar-refractivity contribution < 1.29 is 28.5 Å². The topological polar surface area (TPSA) is 60.7 Å². The van der Waals surface area contributed by atoms with Crippen molar-refractivity contribution in [1.82, 2.24) is 0 Å². The average Bonchev–Trinajstić information content (AvgIpc) is 2.27. The second kappa shape index (κ2) is 5.48. The third kappa shape index (κ3) is 3.69. The summed E-state index contributed by atoms with van der Waals surface area (Å²) in [7, 11) is 0. The highest BCUT2D eigenvalue weighted by atomic mass is 19.4. The lowest BCUT2D eigenvalue weighted by Gasteiger charge is -2.18. The minimum atomic E-state index is -4.49. The molecular formula is C11H13F3O3. The standard InChI is InChI=1S/C11H13F3O3/c12-11(13,14)8-3-1-2-7(6-8)10(17)9(16)4-5-15/h1-3,6,9-10,15-17H,4-5H2. The summed E-state index contributed by atoms with van der Waals surface area (Å²) in [5.74, 6) is 0. The van der Waals surface area contributed by atoms with Crippen LogP contribution in [0.4, 0.5) is 13.2 Å². The molecule has 0 radical (unpaired) electrons. The fraction of sp³-hybridized carbons (Fsp3) is 0.455. The summed E-state index contributed by atoms with van der Waals surface area (Å²) >= 11 is 0. The maximum atomic E-state index is 12.4. The van der Waals surface area contributed by atoms with Crippen molar-refractivity contribution in [3.05, 3.63) is 35.4 Å². The number of halogens is 3. The fourth-order valence-corrected chi connectivity index (χ4v) is 1.41. The van der Waals surface area contributed by atoms with Gasteiger partial charge < -0.3 is 15.3 Å². The zero-order valence-electron chi connectivity index (χ0n) is 8.85. The highest BCUT2D eigenvalue weighted by molar-refractivity contribution is 5.27. The van der Waals surface area contributed by atoms with Crippen molar-refractivity contribution >= 4 is 0 Å². The summed E-state index contributed by atoms with van der Waals surface area (Å²) in [5.41, 5.74) is -0.911. The van der Waals surface area contributed by atoms with Crippen LogP contribution >= 0.6 is 0 Å². The second-order valence-corrected chi connectivity index (χ2v) is 3.65. The van der Waals surface area contributed by atoms with Crippen LogP contribution in [-0.4, -0.2) is 28.0 Å². The number of rotatable bonds is 4. The number of aliphatic hydroxyl groups is 3. The summed E-state index contributed by atoms with van der Waals surface area (Å²) in [6.45, 7) is -0.350. The lowest BCUT2D eigenvalue weighted by atomic mass is 10.0. The zero-order valence-corrected chi connectivity index (χ0v) is 8.85. The molecule has 0 aliphatic heterocycles. The van der Waals surface area contributed by atoms with Gasteiger partial charge in [-0.15, -0.1) is 0 Å². The molecule has 0 amide bonds. The van der Waals surface area contributed by atoms with Crippen molar-refractivity contribution in [2.24, 2.45) is 0 Å². The first-order valence-electron chi connectivity index (χ1n) is 5.00. The first-order valence-corrected chi connectivity index (χ1v) is 5.00. The molecule has 0 aromatic heterocycles. The summed E-state index contributed by atoms with van der Waals surface area (Å²) < 4.78 is 37.2. The number of hydrogen-bond acceptors (Lipinski definition) is 3. The van der Waals surface area contributed by atoms with E-state index < -0.39 is 23.9 Å². The Morgan fingerprint density at radius 3 is 2.35 bits per heavy atom. The van der Waals surface area contributed by atoms with Crippen LogP contribution in [0.3, 0.4) is 0 Å². The molecule has 0 saturated heterocycles. The molecule has 0 aliphatic carbocycles. The summed E-state index contributed by atoms with van der Waals surface area (Å²) in [4.78, 5) is 0. The molecule has 3 N–H and O–H groups in total. The molecule has 2 atom stereocenters. The van der Waals surface area contributed by atoms with Crippen LogP contribution in [0, 0.1) is 0 Å². The molecule has 3 nitrogen and oxygen atoms in total. The van der Waals surface area contributed by atoms with Gasteiger partial charge >= 0.3 is 6.18 Å². The van der Waals surface area contributed by atoms with E-state index in [0.717, 1.165) is 18.2 Å². The molecule has 2 unspecified atom stereocenters. The second-order valence-electron chi connectivity index (χ2n) is 3.65. The summed E-state index contributed by atoms with van der Waals surface area (Å²) in [6.07, 6.45) is -7.32. The van der Waals surface area contributed by atoms with E-state index in [2.05, 4.69) is 0 Å². The molecule has 17 heavy (non-hydrogen) atoms. The van der Waals surface area contributed by atoms with E-state index in [-0.39, 0.29) is 18.6 Å². The van der Waals surface area contributed by atoms with E-state index in [0.29, 0.717) is 0 Å². The number of hydrogen-bond donors (Lipinski definition) is 3. The fourth-order valence-electron chi connectivity index (χ4n) is 1.41. The Labute approximate surface area is 96.1 Å². The van der Waals surface area contributed by atoms with Crippen molar-refractivity contribution in [3.8, 4) is 0 Å². The minimum Gasteiger partial charge on any atom is -0.396 e. The van der Waals surface area contributed by atoms with Crippen LogP contribution in [0.2, 0.25) is 0 Å². The van der Waals surface area contributed by atoms with Crippen molar-refractivity contribution in [2.45, 2.75) is 24.8 Å². The van der Waals surface area contributed by atoms with Gasteiger partial charge in [-0.05, 0) is 24.1 Å². The third-order valence-electron chi connectivity index (χ3n) is 2.34. The van der Waals surface area contributed by atoms with Gasteiger partial charge in [-0.1, -0.05) is 12.1 Å². The van der Waals surface area contributed by atoms with E-state index in [1.165, 1.54) is 6.07 Å². The highest BCUT2D eigenvalue weighted by Crippen LogP contribution is 2.31. The number of aliphatic hydroxyl groups excluding tert-OH is 3.